The van der Waals surface area contributed by atoms with Crippen molar-refractivity contribution < 1.29 is 14.7 Å². The lowest BCUT2D eigenvalue weighted by Crippen LogP contribution is -2.16. The Kier molecular flexibility index (Phi) is 4.61. The second-order valence-electron chi connectivity index (χ2n) is 5.30. The molecule has 0 fully saturated rings. The highest BCUT2D eigenvalue weighted by atomic mass is 32.1. The van der Waals surface area contributed by atoms with Crippen LogP contribution in [0.3, 0.4) is 0 Å². The second kappa shape index (κ2) is 6.85. The molecule has 1 unspecified atom stereocenters. The van der Waals surface area contributed by atoms with E-state index >= 15 is 0 Å². The topological polar surface area (TPSA) is 115 Å². The van der Waals surface area contributed by atoms with Crippen LogP contribution >= 0.6 is 11.3 Å². The van der Waals surface area contributed by atoms with E-state index in [0.29, 0.717) is 5.13 Å². The molecule has 1 atom stereocenters. The quantitative estimate of drug-likeness (QED) is 0.696. The highest BCUT2D eigenvalue weighted by Gasteiger charge is 2.17. The second-order valence-corrected chi connectivity index (χ2v) is 6.16. The van der Waals surface area contributed by atoms with Crippen LogP contribution in [-0.2, 0) is 11.3 Å². The first-order valence-electron chi connectivity index (χ1n) is 7.54. The summed E-state index contributed by atoms with van der Waals surface area (Å²) in [7, 11) is 0. The van der Waals surface area contributed by atoms with Crippen molar-refractivity contribution in [1.82, 2.24) is 24.5 Å². The largest absolute Gasteiger partial charge is 0.480 e. The molecule has 130 valence electrons. The van der Waals surface area contributed by atoms with Crippen molar-refractivity contribution in [3.8, 4) is 11.3 Å². The van der Waals surface area contributed by atoms with Crippen LogP contribution in [0.1, 0.15) is 30.2 Å². The van der Waals surface area contributed by atoms with Crippen molar-refractivity contribution in [2.75, 3.05) is 5.32 Å². The minimum atomic E-state index is -1.02. The Bertz CT molecular complexity index is 912. The van der Waals surface area contributed by atoms with Crippen LogP contribution in [0.4, 0.5) is 5.13 Å². The Labute approximate surface area is 146 Å². The number of nitrogens with one attached hydrogen (secondary N) is 1. The normalized spacial score (nSPS) is 12.1. The Balaban J connectivity index is 1.70. The molecule has 9 nitrogen and oxygen atoms in total. The number of aliphatic carboxylic acids is 1. The summed E-state index contributed by atoms with van der Waals surface area (Å²) in [6, 6.07) is -0.844. The summed E-state index contributed by atoms with van der Waals surface area (Å²) in [5, 5.41) is 22.1. The standard InChI is InChI=1S/C15H16N6O3S/c1-3-20-6-10(4-16-20)12-8-25-15(18-12)19-13(22)11-5-17-21(7-11)9(2)14(23)24/h4-9H,3H2,1-2H3,(H,23,24)(H,18,19,22). The molecule has 0 bridgehead atoms. The zero-order chi connectivity index (χ0) is 18.0. The predicted molar refractivity (Wildman–Crippen MR) is 91.5 cm³/mol. The van der Waals surface area contributed by atoms with Crippen LogP contribution in [0, 0.1) is 0 Å². The summed E-state index contributed by atoms with van der Waals surface area (Å²) in [5.41, 5.74) is 1.88. The third-order valence-electron chi connectivity index (χ3n) is 3.60. The highest BCUT2D eigenvalue weighted by Crippen LogP contribution is 2.24. The van der Waals surface area contributed by atoms with E-state index in [4.69, 9.17) is 5.11 Å². The zero-order valence-electron chi connectivity index (χ0n) is 13.6. The molecule has 3 heterocycles. The zero-order valence-corrected chi connectivity index (χ0v) is 14.4. The number of aryl methyl sites for hydroxylation is 1. The Morgan fingerprint density at radius 3 is 2.80 bits per heavy atom. The van der Waals surface area contributed by atoms with Gasteiger partial charge in [-0.25, -0.2) is 9.78 Å². The smallest absolute Gasteiger partial charge is 0.328 e. The number of rotatable bonds is 6. The van der Waals surface area contributed by atoms with Crippen molar-refractivity contribution in [2.24, 2.45) is 0 Å². The molecule has 0 saturated carbocycles. The lowest BCUT2D eigenvalue weighted by molar-refractivity contribution is -0.140. The molecule has 0 radical (unpaired) electrons. The molecule has 0 aliphatic heterocycles. The Morgan fingerprint density at radius 1 is 1.32 bits per heavy atom. The first kappa shape index (κ1) is 16.8. The number of anilines is 1. The van der Waals surface area contributed by atoms with E-state index in [9.17, 15) is 9.59 Å². The molecule has 3 aromatic heterocycles. The molecule has 25 heavy (non-hydrogen) atoms. The van der Waals surface area contributed by atoms with Crippen LogP contribution in [0.15, 0.2) is 30.2 Å². The summed E-state index contributed by atoms with van der Waals surface area (Å²) >= 11 is 1.30. The molecule has 2 N–H and O–H groups in total. The van der Waals surface area contributed by atoms with Gasteiger partial charge in [-0.3, -0.25) is 19.5 Å². The lowest BCUT2D eigenvalue weighted by atomic mass is 10.3. The van der Waals surface area contributed by atoms with Gasteiger partial charge in [-0.1, -0.05) is 0 Å². The number of carbonyl (C=O) groups excluding carboxylic acids is 1. The number of nitrogens with zero attached hydrogens (tertiary/aromatic N) is 5. The molecular weight excluding hydrogens is 344 g/mol. The van der Waals surface area contributed by atoms with Gasteiger partial charge in [0, 0.05) is 29.9 Å². The summed E-state index contributed by atoms with van der Waals surface area (Å²) in [4.78, 5) is 27.6. The van der Waals surface area contributed by atoms with Gasteiger partial charge in [-0.05, 0) is 13.8 Å². The SMILES string of the molecule is CCn1cc(-c2csc(NC(=O)c3cnn(C(C)C(=O)O)c3)n2)cn1. The number of carboxylic acid groups (broad SMARTS) is 1. The monoisotopic (exact) mass is 360 g/mol. The van der Waals surface area contributed by atoms with Gasteiger partial charge in [0.1, 0.15) is 6.04 Å². The van der Waals surface area contributed by atoms with Crippen LogP contribution < -0.4 is 5.32 Å². The van der Waals surface area contributed by atoms with E-state index in [1.807, 2.05) is 18.5 Å². The van der Waals surface area contributed by atoms with Crippen LogP contribution in [0.5, 0.6) is 0 Å². The molecule has 1 amide bonds. The van der Waals surface area contributed by atoms with Gasteiger partial charge >= 0.3 is 5.97 Å². The average molecular weight is 360 g/mol. The van der Waals surface area contributed by atoms with Crippen LogP contribution in [0.2, 0.25) is 0 Å². The summed E-state index contributed by atoms with van der Waals surface area (Å²) in [5.74, 6) is -1.42. The van der Waals surface area contributed by atoms with Gasteiger partial charge in [0.05, 0.1) is 23.7 Å². The fraction of sp³-hybridized carbons (Fsp3) is 0.267. The molecule has 0 aromatic carbocycles. The first-order valence-corrected chi connectivity index (χ1v) is 8.42. The predicted octanol–water partition coefficient (Wildman–Crippen LogP) is 2.12. The summed E-state index contributed by atoms with van der Waals surface area (Å²) in [6.45, 7) is 4.25. The maximum Gasteiger partial charge on any atom is 0.328 e. The summed E-state index contributed by atoms with van der Waals surface area (Å²) < 4.78 is 3.02. The molecule has 0 saturated heterocycles. The van der Waals surface area contributed by atoms with E-state index < -0.39 is 17.9 Å². The number of hydrogen-bond acceptors (Lipinski definition) is 6. The maximum absolute atomic E-state index is 12.3. The fourth-order valence-electron chi connectivity index (χ4n) is 2.08. The number of aromatic nitrogens is 5. The van der Waals surface area contributed by atoms with Crippen molar-refractivity contribution in [2.45, 2.75) is 26.4 Å². The number of amides is 1. The number of carbonyl (C=O) groups is 2. The van der Waals surface area contributed by atoms with Gasteiger partial charge in [-0.2, -0.15) is 10.2 Å². The number of hydrogen-bond donors (Lipinski definition) is 2. The minimum absolute atomic E-state index is 0.267. The Hall–Kier alpha value is -3.01. The maximum atomic E-state index is 12.3. The number of thiazole rings is 1. The van der Waals surface area contributed by atoms with E-state index in [0.717, 1.165) is 17.8 Å². The molecule has 0 aliphatic carbocycles. The van der Waals surface area contributed by atoms with Crippen molar-refractivity contribution in [3.63, 3.8) is 0 Å². The molecule has 3 aromatic rings. The van der Waals surface area contributed by atoms with Crippen molar-refractivity contribution in [3.05, 3.63) is 35.7 Å². The third kappa shape index (κ3) is 3.58. The van der Waals surface area contributed by atoms with Gasteiger partial charge < -0.3 is 5.11 Å². The average Bonchev–Trinajstić information content (AvgIpc) is 3.33. The molecule has 10 heteroatoms. The number of carboxylic acids is 1. The highest BCUT2D eigenvalue weighted by molar-refractivity contribution is 7.14. The summed E-state index contributed by atoms with van der Waals surface area (Å²) in [6.07, 6.45) is 6.34. The van der Waals surface area contributed by atoms with Gasteiger partial charge in [0.15, 0.2) is 5.13 Å². The van der Waals surface area contributed by atoms with E-state index in [-0.39, 0.29) is 5.56 Å². The fourth-order valence-corrected chi connectivity index (χ4v) is 2.80. The molecular formula is C15H16N6O3S. The minimum Gasteiger partial charge on any atom is -0.480 e. The third-order valence-corrected chi connectivity index (χ3v) is 4.35. The Morgan fingerprint density at radius 2 is 2.12 bits per heavy atom. The molecule has 0 spiro atoms. The van der Waals surface area contributed by atoms with Crippen molar-refractivity contribution in [1.29, 1.82) is 0 Å². The van der Waals surface area contributed by atoms with E-state index in [1.165, 1.54) is 35.3 Å². The van der Waals surface area contributed by atoms with Crippen LogP contribution in [-0.4, -0.2) is 41.5 Å². The van der Waals surface area contributed by atoms with E-state index in [1.54, 1.807) is 10.9 Å². The van der Waals surface area contributed by atoms with Gasteiger partial charge in [-0.15, -0.1) is 11.3 Å². The van der Waals surface area contributed by atoms with Crippen LogP contribution in [0.25, 0.3) is 11.3 Å². The van der Waals surface area contributed by atoms with Gasteiger partial charge in [0.25, 0.3) is 5.91 Å². The van der Waals surface area contributed by atoms with Gasteiger partial charge in [0.2, 0.25) is 0 Å². The van der Waals surface area contributed by atoms with E-state index in [2.05, 4.69) is 20.5 Å². The lowest BCUT2D eigenvalue weighted by Gasteiger charge is -2.05. The molecule has 0 aliphatic rings. The first-order chi connectivity index (χ1) is 12.0. The van der Waals surface area contributed by atoms with Crippen molar-refractivity contribution >= 4 is 28.3 Å². The molecule has 3 rings (SSSR count).